The number of methoxy groups -OCH3 is 1. The van der Waals surface area contributed by atoms with Crippen molar-refractivity contribution in [3.8, 4) is 5.75 Å². The molecule has 98 valence electrons. The van der Waals surface area contributed by atoms with Gasteiger partial charge in [0.15, 0.2) is 0 Å². The molecule has 1 saturated heterocycles. The highest BCUT2D eigenvalue weighted by Gasteiger charge is 2.42. The van der Waals surface area contributed by atoms with Crippen LogP contribution in [-0.4, -0.2) is 25.3 Å². The Balaban J connectivity index is 1.73. The third kappa shape index (κ3) is 2.17. The van der Waals surface area contributed by atoms with Gasteiger partial charge < -0.3 is 14.7 Å². The molecule has 0 amide bonds. The molecule has 0 atom stereocenters. The fourth-order valence-electron chi connectivity index (χ4n) is 2.49. The maximum absolute atomic E-state index is 10.6. The van der Waals surface area contributed by atoms with Crippen LogP contribution < -0.4 is 9.64 Å². The fraction of sp³-hybridized carbons (Fsp3) is 0.250. The second-order valence-electron chi connectivity index (χ2n) is 4.95. The van der Waals surface area contributed by atoms with Gasteiger partial charge in [-0.2, -0.15) is 0 Å². The predicted octanol–water partition coefficient (Wildman–Crippen LogP) is 2.40. The lowest BCUT2D eigenvalue weighted by molar-refractivity contribution is 0.00751. The van der Waals surface area contributed by atoms with Crippen molar-refractivity contribution in [3.63, 3.8) is 0 Å². The van der Waals surface area contributed by atoms with Gasteiger partial charge in [-0.05, 0) is 29.8 Å². The van der Waals surface area contributed by atoms with Crippen molar-refractivity contribution in [1.29, 1.82) is 0 Å². The SMILES string of the molecule is COc1ccc(C2(O)CN(c3ccccc3)C2)cc1. The maximum atomic E-state index is 10.6. The number of ether oxygens (including phenoxy) is 1. The van der Waals surface area contributed by atoms with Gasteiger partial charge in [0.1, 0.15) is 11.4 Å². The van der Waals surface area contributed by atoms with Crippen LogP contribution in [0.25, 0.3) is 0 Å². The largest absolute Gasteiger partial charge is 0.497 e. The van der Waals surface area contributed by atoms with Gasteiger partial charge >= 0.3 is 0 Å². The molecule has 1 aliphatic rings. The van der Waals surface area contributed by atoms with E-state index in [2.05, 4.69) is 17.0 Å². The van der Waals surface area contributed by atoms with E-state index < -0.39 is 5.60 Å². The zero-order valence-corrected chi connectivity index (χ0v) is 10.9. The van der Waals surface area contributed by atoms with Crippen LogP contribution in [0.2, 0.25) is 0 Å². The third-order valence-electron chi connectivity index (χ3n) is 3.65. The first-order chi connectivity index (χ1) is 9.21. The highest BCUT2D eigenvalue weighted by Crippen LogP contribution is 2.35. The predicted molar refractivity (Wildman–Crippen MR) is 75.5 cm³/mol. The Labute approximate surface area is 113 Å². The number of nitrogens with zero attached hydrogens (tertiary/aromatic N) is 1. The van der Waals surface area contributed by atoms with E-state index in [9.17, 15) is 5.11 Å². The Morgan fingerprint density at radius 2 is 1.63 bits per heavy atom. The van der Waals surface area contributed by atoms with Crippen LogP contribution in [0.4, 0.5) is 5.69 Å². The zero-order chi connectivity index (χ0) is 13.3. The minimum atomic E-state index is -0.748. The van der Waals surface area contributed by atoms with E-state index in [1.807, 2.05) is 42.5 Å². The fourth-order valence-corrected chi connectivity index (χ4v) is 2.49. The summed E-state index contributed by atoms with van der Waals surface area (Å²) in [7, 11) is 1.64. The summed E-state index contributed by atoms with van der Waals surface area (Å²) in [5.41, 5.74) is 1.35. The number of aliphatic hydroxyl groups is 1. The van der Waals surface area contributed by atoms with E-state index in [1.165, 1.54) is 0 Å². The Kier molecular flexibility index (Phi) is 2.91. The molecule has 0 spiro atoms. The molecule has 3 heteroatoms. The topological polar surface area (TPSA) is 32.7 Å². The Hall–Kier alpha value is -2.00. The van der Waals surface area contributed by atoms with E-state index in [-0.39, 0.29) is 0 Å². The van der Waals surface area contributed by atoms with Gasteiger partial charge in [-0.15, -0.1) is 0 Å². The molecule has 0 radical (unpaired) electrons. The van der Waals surface area contributed by atoms with Gasteiger partial charge in [0.2, 0.25) is 0 Å². The summed E-state index contributed by atoms with van der Waals surface area (Å²) in [5.74, 6) is 0.812. The molecule has 0 saturated carbocycles. The first-order valence-corrected chi connectivity index (χ1v) is 6.38. The minimum Gasteiger partial charge on any atom is -0.497 e. The van der Waals surface area contributed by atoms with Gasteiger partial charge in [0, 0.05) is 5.69 Å². The number of rotatable bonds is 3. The van der Waals surface area contributed by atoms with E-state index in [0.29, 0.717) is 13.1 Å². The first-order valence-electron chi connectivity index (χ1n) is 6.38. The Bertz CT molecular complexity index is 545. The van der Waals surface area contributed by atoms with Gasteiger partial charge in [0.25, 0.3) is 0 Å². The molecule has 1 N–H and O–H groups in total. The molecule has 2 aromatic rings. The molecule has 1 fully saturated rings. The number of benzene rings is 2. The Morgan fingerprint density at radius 1 is 1.00 bits per heavy atom. The molecular formula is C16H17NO2. The van der Waals surface area contributed by atoms with Gasteiger partial charge in [-0.25, -0.2) is 0 Å². The quantitative estimate of drug-likeness (QED) is 0.914. The molecule has 0 aromatic heterocycles. The molecule has 0 unspecified atom stereocenters. The molecule has 1 aliphatic heterocycles. The van der Waals surface area contributed by atoms with E-state index in [1.54, 1.807) is 7.11 Å². The summed E-state index contributed by atoms with van der Waals surface area (Å²) in [5, 5.41) is 10.6. The molecule has 19 heavy (non-hydrogen) atoms. The highest BCUT2D eigenvalue weighted by molar-refractivity contribution is 5.52. The van der Waals surface area contributed by atoms with Crippen molar-refractivity contribution in [1.82, 2.24) is 0 Å². The van der Waals surface area contributed by atoms with Crippen LogP contribution in [0.5, 0.6) is 5.75 Å². The summed E-state index contributed by atoms with van der Waals surface area (Å²) in [6, 6.07) is 17.8. The van der Waals surface area contributed by atoms with E-state index in [4.69, 9.17) is 4.74 Å². The van der Waals surface area contributed by atoms with E-state index >= 15 is 0 Å². The van der Waals surface area contributed by atoms with Crippen molar-refractivity contribution in [2.24, 2.45) is 0 Å². The third-order valence-corrected chi connectivity index (χ3v) is 3.65. The zero-order valence-electron chi connectivity index (χ0n) is 10.9. The summed E-state index contributed by atoms with van der Waals surface area (Å²) in [6.45, 7) is 1.26. The summed E-state index contributed by atoms with van der Waals surface area (Å²) in [4.78, 5) is 2.17. The second kappa shape index (κ2) is 4.59. The van der Waals surface area contributed by atoms with Gasteiger partial charge in [-0.1, -0.05) is 30.3 Å². The average molecular weight is 255 g/mol. The van der Waals surface area contributed by atoms with Gasteiger partial charge in [-0.3, -0.25) is 0 Å². The molecular weight excluding hydrogens is 238 g/mol. The van der Waals surface area contributed by atoms with Crippen LogP contribution in [0.3, 0.4) is 0 Å². The summed E-state index contributed by atoms with van der Waals surface area (Å²) < 4.78 is 5.13. The monoisotopic (exact) mass is 255 g/mol. The summed E-state index contributed by atoms with van der Waals surface area (Å²) >= 11 is 0. The number of β-amino-alcohol motifs (C(OH)–C–C–N with tert-alkyl or cyclic N) is 1. The minimum absolute atomic E-state index is 0.628. The Morgan fingerprint density at radius 3 is 2.21 bits per heavy atom. The van der Waals surface area contributed by atoms with Crippen molar-refractivity contribution < 1.29 is 9.84 Å². The lowest BCUT2D eigenvalue weighted by atomic mass is 9.85. The van der Waals surface area contributed by atoms with Crippen LogP contribution in [0.15, 0.2) is 54.6 Å². The van der Waals surface area contributed by atoms with E-state index in [0.717, 1.165) is 17.0 Å². The van der Waals surface area contributed by atoms with Crippen LogP contribution >= 0.6 is 0 Å². The van der Waals surface area contributed by atoms with Crippen molar-refractivity contribution in [2.75, 3.05) is 25.1 Å². The van der Waals surface area contributed by atoms with Crippen molar-refractivity contribution in [2.45, 2.75) is 5.60 Å². The number of hydrogen-bond donors (Lipinski definition) is 1. The smallest absolute Gasteiger partial charge is 0.124 e. The van der Waals surface area contributed by atoms with Crippen LogP contribution in [0.1, 0.15) is 5.56 Å². The molecule has 3 nitrogen and oxygen atoms in total. The number of para-hydroxylation sites is 1. The van der Waals surface area contributed by atoms with Crippen LogP contribution in [-0.2, 0) is 5.60 Å². The molecule has 3 rings (SSSR count). The maximum Gasteiger partial charge on any atom is 0.124 e. The molecule has 0 bridgehead atoms. The van der Waals surface area contributed by atoms with Gasteiger partial charge in [0.05, 0.1) is 20.2 Å². The number of anilines is 1. The number of hydrogen-bond acceptors (Lipinski definition) is 3. The highest BCUT2D eigenvalue weighted by atomic mass is 16.5. The summed E-state index contributed by atoms with van der Waals surface area (Å²) in [6.07, 6.45) is 0. The normalized spacial score (nSPS) is 16.8. The molecule has 2 aromatic carbocycles. The van der Waals surface area contributed by atoms with Crippen molar-refractivity contribution >= 4 is 5.69 Å². The molecule has 1 heterocycles. The lowest BCUT2D eigenvalue weighted by Crippen LogP contribution is -2.59. The van der Waals surface area contributed by atoms with Crippen LogP contribution in [0, 0.1) is 0 Å². The molecule has 0 aliphatic carbocycles. The van der Waals surface area contributed by atoms with Crippen molar-refractivity contribution in [3.05, 3.63) is 60.2 Å². The second-order valence-corrected chi connectivity index (χ2v) is 4.95. The average Bonchev–Trinajstić information content (AvgIpc) is 2.45. The lowest BCUT2D eigenvalue weighted by Gasteiger charge is -2.48. The standard InChI is InChI=1S/C16H17NO2/c1-19-15-9-7-13(8-10-15)16(18)11-17(12-16)14-5-3-2-4-6-14/h2-10,18H,11-12H2,1H3. The first kappa shape index (κ1) is 12.1.